The van der Waals surface area contributed by atoms with Crippen molar-refractivity contribution >= 4 is 11.6 Å². The molecule has 0 bridgehead atoms. The van der Waals surface area contributed by atoms with E-state index in [0.717, 1.165) is 43.2 Å². The average molecular weight is 393 g/mol. The van der Waals surface area contributed by atoms with Crippen LogP contribution in [0.2, 0.25) is 0 Å². The molecule has 1 aliphatic heterocycles. The number of carbonyl (C=O) groups excluding carboxylic acids is 1. The van der Waals surface area contributed by atoms with Crippen molar-refractivity contribution in [1.29, 1.82) is 0 Å². The minimum absolute atomic E-state index is 0.0696. The Balaban J connectivity index is 1.26. The van der Waals surface area contributed by atoms with Gasteiger partial charge in [-0.15, -0.1) is 0 Å². The molecule has 1 atom stereocenters. The predicted octanol–water partition coefficient (Wildman–Crippen LogP) is 4.50. The van der Waals surface area contributed by atoms with E-state index in [1.807, 2.05) is 12.1 Å². The van der Waals surface area contributed by atoms with Gasteiger partial charge in [0.15, 0.2) is 6.61 Å². The number of fused-ring (bicyclic) bond motifs is 1. The molecule has 0 radical (unpaired) electrons. The van der Waals surface area contributed by atoms with Crippen LogP contribution in [0, 0.1) is 5.92 Å². The molecule has 0 aromatic heterocycles. The highest BCUT2D eigenvalue weighted by Crippen LogP contribution is 2.29. The van der Waals surface area contributed by atoms with Gasteiger partial charge >= 0.3 is 0 Å². The van der Waals surface area contributed by atoms with E-state index in [9.17, 15) is 4.79 Å². The Labute approximate surface area is 174 Å². The SMILES string of the molecule is CC1CCCN(c2ccc(CNC(=O)COc3cccc4c3CCCC4)cc2)C1. The van der Waals surface area contributed by atoms with Gasteiger partial charge in [-0.3, -0.25) is 4.79 Å². The van der Waals surface area contributed by atoms with Crippen LogP contribution in [0.4, 0.5) is 5.69 Å². The number of nitrogens with zero attached hydrogens (tertiary/aromatic N) is 1. The number of nitrogens with one attached hydrogen (secondary N) is 1. The molecule has 2 aliphatic rings. The third-order valence-corrected chi connectivity index (χ3v) is 6.16. The average Bonchev–Trinajstić information content (AvgIpc) is 2.76. The normalized spacial score (nSPS) is 18.8. The van der Waals surface area contributed by atoms with Crippen LogP contribution in [0.5, 0.6) is 5.75 Å². The summed E-state index contributed by atoms with van der Waals surface area (Å²) < 4.78 is 5.84. The maximum atomic E-state index is 12.3. The highest BCUT2D eigenvalue weighted by molar-refractivity contribution is 5.77. The number of benzene rings is 2. The fourth-order valence-electron chi connectivity index (χ4n) is 4.53. The fraction of sp³-hybridized carbons (Fsp3) is 0.480. The zero-order valence-electron chi connectivity index (χ0n) is 17.5. The molecule has 1 unspecified atom stereocenters. The van der Waals surface area contributed by atoms with E-state index in [4.69, 9.17) is 4.74 Å². The monoisotopic (exact) mass is 392 g/mol. The number of anilines is 1. The number of rotatable bonds is 6. The molecule has 2 aromatic carbocycles. The molecule has 0 saturated carbocycles. The summed E-state index contributed by atoms with van der Waals surface area (Å²) in [5.74, 6) is 1.56. The second-order valence-corrected chi connectivity index (χ2v) is 8.53. The van der Waals surface area contributed by atoms with E-state index in [2.05, 4.69) is 47.5 Å². The maximum Gasteiger partial charge on any atom is 0.258 e. The Morgan fingerprint density at radius 1 is 1.10 bits per heavy atom. The lowest BCUT2D eigenvalue weighted by molar-refractivity contribution is -0.123. The summed E-state index contributed by atoms with van der Waals surface area (Å²) in [5, 5.41) is 2.98. The van der Waals surface area contributed by atoms with Crippen molar-refractivity contribution in [3.8, 4) is 5.75 Å². The van der Waals surface area contributed by atoms with Crippen molar-refractivity contribution in [2.24, 2.45) is 5.92 Å². The lowest BCUT2D eigenvalue weighted by Crippen LogP contribution is -2.34. The lowest BCUT2D eigenvalue weighted by atomic mass is 9.91. The van der Waals surface area contributed by atoms with Crippen LogP contribution >= 0.6 is 0 Å². The van der Waals surface area contributed by atoms with E-state index in [1.165, 1.54) is 42.5 Å². The minimum atomic E-state index is -0.0765. The van der Waals surface area contributed by atoms with Gasteiger partial charge in [-0.05, 0) is 79.3 Å². The first-order valence-corrected chi connectivity index (χ1v) is 11.0. The Morgan fingerprint density at radius 2 is 1.93 bits per heavy atom. The molecular formula is C25H32N2O2. The van der Waals surface area contributed by atoms with E-state index in [-0.39, 0.29) is 12.5 Å². The van der Waals surface area contributed by atoms with Gasteiger partial charge in [-0.1, -0.05) is 31.2 Å². The second kappa shape index (κ2) is 9.34. The highest BCUT2D eigenvalue weighted by atomic mass is 16.5. The van der Waals surface area contributed by atoms with Crippen LogP contribution in [0.15, 0.2) is 42.5 Å². The first-order valence-electron chi connectivity index (χ1n) is 11.0. The van der Waals surface area contributed by atoms with Gasteiger partial charge in [-0.25, -0.2) is 0 Å². The summed E-state index contributed by atoms with van der Waals surface area (Å²) in [6.45, 7) is 5.20. The molecule has 1 aliphatic carbocycles. The molecule has 1 N–H and O–H groups in total. The largest absolute Gasteiger partial charge is 0.483 e. The van der Waals surface area contributed by atoms with Crippen LogP contribution in [-0.2, 0) is 24.2 Å². The van der Waals surface area contributed by atoms with Gasteiger partial charge in [0.2, 0.25) is 0 Å². The zero-order valence-corrected chi connectivity index (χ0v) is 17.5. The van der Waals surface area contributed by atoms with Crippen molar-refractivity contribution in [3.05, 3.63) is 59.2 Å². The predicted molar refractivity (Wildman–Crippen MR) is 117 cm³/mol. The number of amides is 1. The summed E-state index contributed by atoms with van der Waals surface area (Å²) in [6.07, 6.45) is 7.21. The summed E-state index contributed by atoms with van der Waals surface area (Å²) in [7, 11) is 0. The Bertz CT molecular complexity index is 831. The van der Waals surface area contributed by atoms with E-state index >= 15 is 0 Å². The Kier molecular flexibility index (Phi) is 6.38. The highest BCUT2D eigenvalue weighted by Gasteiger charge is 2.17. The van der Waals surface area contributed by atoms with Crippen LogP contribution < -0.4 is 15.0 Å². The Morgan fingerprint density at radius 3 is 2.76 bits per heavy atom. The quantitative estimate of drug-likeness (QED) is 0.787. The Hall–Kier alpha value is -2.49. The minimum Gasteiger partial charge on any atom is -0.483 e. The number of aryl methyl sites for hydroxylation is 1. The third-order valence-electron chi connectivity index (χ3n) is 6.16. The zero-order chi connectivity index (χ0) is 20.1. The van der Waals surface area contributed by atoms with Crippen molar-refractivity contribution in [2.75, 3.05) is 24.6 Å². The van der Waals surface area contributed by atoms with Gasteiger partial charge < -0.3 is 15.0 Å². The molecule has 1 saturated heterocycles. The summed E-state index contributed by atoms with van der Waals surface area (Å²) in [5.41, 5.74) is 5.06. The van der Waals surface area contributed by atoms with Crippen molar-refractivity contribution in [2.45, 2.75) is 52.0 Å². The lowest BCUT2D eigenvalue weighted by Gasteiger charge is -2.32. The summed E-state index contributed by atoms with van der Waals surface area (Å²) in [4.78, 5) is 14.7. The molecule has 1 fully saturated rings. The molecule has 154 valence electrons. The van der Waals surface area contributed by atoms with Crippen LogP contribution in [0.1, 0.15) is 49.3 Å². The van der Waals surface area contributed by atoms with E-state index in [1.54, 1.807) is 0 Å². The van der Waals surface area contributed by atoms with Gasteiger partial charge in [-0.2, -0.15) is 0 Å². The summed E-state index contributed by atoms with van der Waals surface area (Å²) in [6, 6.07) is 14.8. The third kappa shape index (κ3) is 5.11. The van der Waals surface area contributed by atoms with Crippen LogP contribution in [-0.4, -0.2) is 25.6 Å². The van der Waals surface area contributed by atoms with Crippen LogP contribution in [0.3, 0.4) is 0 Å². The van der Waals surface area contributed by atoms with E-state index < -0.39 is 0 Å². The molecular weight excluding hydrogens is 360 g/mol. The molecule has 2 aromatic rings. The molecule has 4 nitrogen and oxygen atoms in total. The van der Waals surface area contributed by atoms with Crippen molar-refractivity contribution in [3.63, 3.8) is 0 Å². The number of hydrogen-bond acceptors (Lipinski definition) is 3. The molecule has 1 heterocycles. The number of ether oxygens (including phenoxy) is 1. The van der Waals surface area contributed by atoms with Gasteiger partial charge in [0, 0.05) is 25.3 Å². The maximum absolute atomic E-state index is 12.3. The van der Waals surface area contributed by atoms with Gasteiger partial charge in [0.25, 0.3) is 5.91 Å². The molecule has 4 rings (SSSR count). The molecule has 0 spiro atoms. The first kappa shape index (κ1) is 19.8. The van der Waals surface area contributed by atoms with Crippen LogP contribution in [0.25, 0.3) is 0 Å². The standard InChI is InChI=1S/C25H32N2O2/c1-19-6-5-15-27(17-19)22-13-11-20(12-14-22)16-26-25(28)18-29-24-10-4-8-21-7-2-3-9-23(21)24/h4,8,10-14,19H,2-3,5-7,9,15-18H2,1H3,(H,26,28). The van der Waals surface area contributed by atoms with E-state index in [0.29, 0.717) is 6.54 Å². The van der Waals surface area contributed by atoms with Gasteiger partial charge in [0.1, 0.15) is 5.75 Å². The second-order valence-electron chi connectivity index (χ2n) is 8.53. The number of hydrogen-bond donors (Lipinski definition) is 1. The fourth-order valence-corrected chi connectivity index (χ4v) is 4.53. The van der Waals surface area contributed by atoms with Gasteiger partial charge in [0.05, 0.1) is 0 Å². The number of carbonyl (C=O) groups is 1. The summed E-state index contributed by atoms with van der Waals surface area (Å²) >= 11 is 0. The smallest absolute Gasteiger partial charge is 0.258 e. The molecule has 29 heavy (non-hydrogen) atoms. The number of piperidine rings is 1. The topological polar surface area (TPSA) is 41.6 Å². The molecule has 4 heteroatoms. The van der Waals surface area contributed by atoms with Crippen molar-refractivity contribution < 1.29 is 9.53 Å². The van der Waals surface area contributed by atoms with Crippen molar-refractivity contribution in [1.82, 2.24) is 5.32 Å². The first-order chi connectivity index (χ1) is 14.2. The molecule has 1 amide bonds.